The molecule has 0 saturated carbocycles. The van der Waals surface area contributed by atoms with E-state index in [0.717, 1.165) is 10.9 Å². The van der Waals surface area contributed by atoms with Gasteiger partial charge in [-0.05, 0) is 6.26 Å². The van der Waals surface area contributed by atoms with Gasteiger partial charge in [0.2, 0.25) is 0 Å². The van der Waals surface area contributed by atoms with Crippen LogP contribution < -0.4 is 0 Å². The Morgan fingerprint density at radius 2 is 2.08 bits per heavy atom. The van der Waals surface area contributed by atoms with Crippen molar-refractivity contribution in [1.82, 2.24) is 9.97 Å². The molecule has 0 aromatic carbocycles. The van der Waals surface area contributed by atoms with Gasteiger partial charge in [-0.25, -0.2) is 9.97 Å². The third-order valence-electron chi connectivity index (χ3n) is 1.41. The lowest BCUT2D eigenvalue weighted by Gasteiger charge is -2.04. The summed E-state index contributed by atoms with van der Waals surface area (Å²) < 4.78 is 0. The van der Waals surface area contributed by atoms with Gasteiger partial charge in [-0.2, -0.15) is 0 Å². The van der Waals surface area contributed by atoms with Crippen LogP contribution in [0.2, 0.25) is 5.15 Å². The van der Waals surface area contributed by atoms with E-state index in [-0.39, 0.29) is 0 Å². The standard InChI is InChI=1S/C8H11ClN2S/c1-5(2)8-10-6(9)4-7(11-8)12-3/h4-5H,1-3H3. The molecule has 0 bridgehead atoms. The zero-order valence-corrected chi connectivity index (χ0v) is 8.91. The molecule has 1 heterocycles. The minimum absolute atomic E-state index is 0.328. The normalized spacial score (nSPS) is 10.8. The van der Waals surface area contributed by atoms with Gasteiger partial charge in [0, 0.05) is 12.0 Å². The van der Waals surface area contributed by atoms with Gasteiger partial charge in [-0.1, -0.05) is 25.4 Å². The summed E-state index contributed by atoms with van der Waals surface area (Å²) in [6, 6.07) is 1.78. The molecule has 0 saturated heterocycles. The third-order valence-corrected chi connectivity index (χ3v) is 2.24. The molecule has 1 rings (SSSR count). The lowest BCUT2D eigenvalue weighted by Crippen LogP contribution is -1.98. The maximum atomic E-state index is 5.81. The summed E-state index contributed by atoms with van der Waals surface area (Å²) in [6.07, 6.45) is 1.97. The van der Waals surface area contributed by atoms with Crippen molar-refractivity contribution in [2.24, 2.45) is 0 Å². The predicted octanol–water partition coefficient (Wildman–Crippen LogP) is 2.98. The van der Waals surface area contributed by atoms with Crippen LogP contribution in [0.5, 0.6) is 0 Å². The fourth-order valence-electron chi connectivity index (χ4n) is 0.777. The molecule has 0 radical (unpaired) electrons. The molecule has 12 heavy (non-hydrogen) atoms. The van der Waals surface area contributed by atoms with E-state index in [9.17, 15) is 0 Å². The Balaban J connectivity index is 3.06. The van der Waals surface area contributed by atoms with Gasteiger partial charge in [0.25, 0.3) is 0 Å². The van der Waals surface area contributed by atoms with Crippen molar-refractivity contribution < 1.29 is 0 Å². The Kier molecular flexibility index (Phi) is 3.35. The van der Waals surface area contributed by atoms with Gasteiger partial charge in [0.1, 0.15) is 16.0 Å². The van der Waals surface area contributed by atoms with E-state index in [1.165, 1.54) is 0 Å². The van der Waals surface area contributed by atoms with E-state index in [1.54, 1.807) is 17.8 Å². The van der Waals surface area contributed by atoms with Crippen molar-refractivity contribution in [3.63, 3.8) is 0 Å². The van der Waals surface area contributed by atoms with Crippen LogP contribution in [0.3, 0.4) is 0 Å². The maximum absolute atomic E-state index is 5.81. The summed E-state index contributed by atoms with van der Waals surface area (Å²) in [7, 11) is 0. The zero-order chi connectivity index (χ0) is 9.14. The Hall–Kier alpha value is -0.280. The second-order valence-electron chi connectivity index (χ2n) is 2.75. The molecule has 0 atom stereocenters. The molecular weight excluding hydrogens is 192 g/mol. The average molecular weight is 203 g/mol. The number of halogens is 1. The number of rotatable bonds is 2. The number of nitrogens with zero attached hydrogens (tertiary/aromatic N) is 2. The van der Waals surface area contributed by atoms with Crippen LogP contribution in [0.4, 0.5) is 0 Å². The Bertz CT molecular complexity index is 276. The Morgan fingerprint density at radius 3 is 2.58 bits per heavy atom. The number of hydrogen-bond acceptors (Lipinski definition) is 3. The second-order valence-corrected chi connectivity index (χ2v) is 3.96. The first-order valence-corrected chi connectivity index (χ1v) is 5.32. The van der Waals surface area contributed by atoms with Crippen LogP contribution in [0.15, 0.2) is 11.1 Å². The summed E-state index contributed by atoms with van der Waals surface area (Å²) in [5, 5.41) is 1.46. The summed E-state index contributed by atoms with van der Waals surface area (Å²) in [5.74, 6) is 1.14. The van der Waals surface area contributed by atoms with Gasteiger partial charge >= 0.3 is 0 Å². The molecule has 4 heteroatoms. The highest BCUT2D eigenvalue weighted by Crippen LogP contribution is 2.19. The summed E-state index contributed by atoms with van der Waals surface area (Å²) in [4.78, 5) is 8.44. The minimum Gasteiger partial charge on any atom is -0.226 e. The smallest absolute Gasteiger partial charge is 0.133 e. The lowest BCUT2D eigenvalue weighted by molar-refractivity contribution is 0.754. The van der Waals surface area contributed by atoms with Crippen LogP contribution in [0.25, 0.3) is 0 Å². The van der Waals surface area contributed by atoms with Crippen LogP contribution in [-0.2, 0) is 0 Å². The molecule has 0 aliphatic carbocycles. The third kappa shape index (κ3) is 2.35. The van der Waals surface area contributed by atoms with Gasteiger partial charge in [-0.3, -0.25) is 0 Å². The highest BCUT2D eigenvalue weighted by molar-refractivity contribution is 7.98. The van der Waals surface area contributed by atoms with Gasteiger partial charge in [0.05, 0.1) is 0 Å². The van der Waals surface area contributed by atoms with Crippen LogP contribution in [0.1, 0.15) is 25.6 Å². The maximum Gasteiger partial charge on any atom is 0.133 e. The molecule has 0 aliphatic rings. The molecule has 1 aromatic heterocycles. The molecule has 0 unspecified atom stereocenters. The van der Waals surface area contributed by atoms with E-state index < -0.39 is 0 Å². The Morgan fingerprint density at radius 1 is 1.42 bits per heavy atom. The largest absolute Gasteiger partial charge is 0.226 e. The van der Waals surface area contributed by atoms with Crippen LogP contribution in [0, 0.1) is 0 Å². The number of thioether (sulfide) groups is 1. The molecule has 0 N–H and O–H groups in total. The molecule has 1 aromatic rings. The molecule has 0 amide bonds. The Labute approximate surface area is 81.8 Å². The monoisotopic (exact) mass is 202 g/mol. The van der Waals surface area contributed by atoms with Crippen molar-refractivity contribution in [1.29, 1.82) is 0 Å². The van der Waals surface area contributed by atoms with E-state index in [0.29, 0.717) is 11.1 Å². The van der Waals surface area contributed by atoms with Crippen molar-refractivity contribution in [2.75, 3.05) is 6.26 Å². The topological polar surface area (TPSA) is 25.8 Å². The van der Waals surface area contributed by atoms with E-state index in [1.807, 2.05) is 6.26 Å². The van der Waals surface area contributed by atoms with Gasteiger partial charge < -0.3 is 0 Å². The highest BCUT2D eigenvalue weighted by Gasteiger charge is 2.05. The fraction of sp³-hybridized carbons (Fsp3) is 0.500. The van der Waals surface area contributed by atoms with Crippen molar-refractivity contribution in [3.05, 3.63) is 17.0 Å². The lowest BCUT2D eigenvalue weighted by atomic mass is 10.2. The van der Waals surface area contributed by atoms with E-state index in [4.69, 9.17) is 11.6 Å². The predicted molar refractivity (Wildman–Crippen MR) is 52.9 cm³/mol. The highest BCUT2D eigenvalue weighted by atomic mass is 35.5. The number of hydrogen-bond donors (Lipinski definition) is 0. The van der Waals surface area contributed by atoms with Crippen molar-refractivity contribution in [3.8, 4) is 0 Å². The quantitative estimate of drug-likeness (QED) is 0.545. The first-order valence-electron chi connectivity index (χ1n) is 3.72. The van der Waals surface area contributed by atoms with Crippen LogP contribution >= 0.6 is 23.4 Å². The van der Waals surface area contributed by atoms with Gasteiger partial charge in [0.15, 0.2) is 0 Å². The molecule has 0 spiro atoms. The summed E-state index contributed by atoms with van der Waals surface area (Å²) in [6.45, 7) is 4.10. The molecule has 66 valence electrons. The summed E-state index contributed by atoms with van der Waals surface area (Å²) in [5.41, 5.74) is 0. The van der Waals surface area contributed by atoms with E-state index in [2.05, 4.69) is 23.8 Å². The molecule has 0 fully saturated rings. The first kappa shape index (κ1) is 9.81. The molecular formula is C8H11ClN2S. The van der Waals surface area contributed by atoms with Crippen molar-refractivity contribution >= 4 is 23.4 Å². The molecule has 0 aliphatic heterocycles. The molecule has 2 nitrogen and oxygen atoms in total. The fourth-order valence-corrected chi connectivity index (χ4v) is 1.45. The minimum atomic E-state index is 0.328. The second kappa shape index (κ2) is 4.10. The average Bonchev–Trinajstić information content (AvgIpc) is 2.03. The van der Waals surface area contributed by atoms with Crippen LogP contribution in [-0.4, -0.2) is 16.2 Å². The van der Waals surface area contributed by atoms with Crippen molar-refractivity contribution in [2.45, 2.75) is 24.8 Å². The number of aromatic nitrogens is 2. The zero-order valence-electron chi connectivity index (χ0n) is 7.34. The van der Waals surface area contributed by atoms with Gasteiger partial charge in [-0.15, -0.1) is 11.8 Å². The SMILES string of the molecule is CSc1cc(Cl)nc(C(C)C)n1. The van der Waals surface area contributed by atoms with E-state index >= 15 is 0 Å². The first-order chi connectivity index (χ1) is 5.63. The summed E-state index contributed by atoms with van der Waals surface area (Å²) >= 11 is 7.39.